The molecule has 20 heavy (non-hydrogen) atoms. The minimum Gasteiger partial charge on any atom is -0.478 e. The number of aromatic amines is 1. The van der Waals surface area contributed by atoms with E-state index in [0.717, 1.165) is 16.9 Å². The summed E-state index contributed by atoms with van der Waals surface area (Å²) >= 11 is 0. The zero-order valence-electron chi connectivity index (χ0n) is 11.4. The van der Waals surface area contributed by atoms with E-state index in [1.165, 1.54) is 13.8 Å². The third kappa shape index (κ3) is 2.69. The number of anilines is 1. The van der Waals surface area contributed by atoms with Crippen molar-refractivity contribution in [1.82, 2.24) is 9.97 Å². The van der Waals surface area contributed by atoms with E-state index < -0.39 is 11.9 Å². The van der Waals surface area contributed by atoms with E-state index in [1.54, 1.807) is 18.2 Å². The number of imidazole rings is 1. The molecular weight excluding hydrogens is 258 g/mol. The summed E-state index contributed by atoms with van der Waals surface area (Å²) in [4.78, 5) is 30.1. The Balaban J connectivity index is 2.25. The number of hydrogen-bond acceptors (Lipinski definition) is 3. The molecule has 0 unspecified atom stereocenters. The van der Waals surface area contributed by atoms with Gasteiger partial charge in [0.1, 0.15) is 5.82 Å². The van der Waals surface area contributed by atoms with Crippen molar-refractivity contribution < 1.29 is 14.7 Å². The van der Waals surface area contributed by atoms with Gasteiger partial charge in [-0.3, -0.25) is 4.79 Å². The number of benzene rings is 1. The van der Waals surface area contributed by atoms with Crippen LogP contribution in [0, 0.1) is 6.92 Å². The van der Waals surface area contributed by atoms with Crippen LogP contribution in [0.15, 0.2) is 29.3 Å². The second-order valence-electron chi connectivity index (χ2n) is 4.56. The van der Waals surface area contributed by atoms with Gasteiger partial charge in [0.25, 0.3) is 5.91 Å². The first kappa shape index (κ1) is 13.8. The average Bonchev–Trinajstić information content (AvgIpc) is 2.76. The lowest BCUT2D eigenvalue weighted by molar-refractivity contribution is -0.133. The molecule has 0 aliphatic heterocycles. The first-order chi connectivity index (χ1) is 9.38. The average molecular weight is 273 g/mol. The quantitative estimate of drug-likeness (QED) is 0.747. The number of rotatable bonds is 3. The Hall–Kier alpha value is -2.63. The van der Waals surface area contributed by atoms with Crippen LogP contribution in [-0.4, -0.2) is 27.0 Å². The molecule has 3 N–H and O–H groups in total. The van der Waals surface area contributed by atoms with E-state index in [1.807, 2.05) is 6.92 Å². The topological polar surface area (TPSA) is 95.1 Å². The number of carbonyl (C=O) groups is 2. The summed E-state index contributed by atoms with van der Waals surface area (Å²) in [6.45, 7) is 4.73. The molecule has 1 heterocycles. The second kappa shape index (κ2) is 5.16. The number of carboxylic acid groups (broad SMARTS) is 1. The van der Waals surface area contributed by atoms with Crippen LogP contribution >= 0.6 is 0 Å². The molecular formula is C14H15N3O3. The summed E-state index contributed by atoms with van der Waals surface area (Å²) < 4.78 is 0. The predicted octanol–water partition coefficient (Wildman–Crippen LogP) is 2.23. The molecule has 0 spiro atoms. The van der Waals surface area contributed by atoms with Crippen molar-refractivity contribution in [3.8, 4) is 0 Å². The minimum atomic E-state index is -1.10. The largest absolute Gasteiger partial charge is 0.478 e. The van der Waals surface area contributed by atoms with E-state index in [9.17, 15) is 9.59 Å². The Kier molecular flexibility index (Phi) is 3.56. The molecule has 2 rings (SSSR count). The molecule has 0 bridgehead atoms. The van der Waals surface area contributed by atoms with Gasteiger partial charge in [-0.05, 0) is 39.0 Å². The SMILES string of the molecule is CC(C(=O)O)=C(C)C(=O)Nc1ccc2nc(C)[nH]c2c1. The lowest BCUT2D eigenvalue weighted by Crippen LogP contribution is -2.16. The van der Waals surface area contributed by atoms with Crippen LogP contribution in [0.4, 0.5) is 5.69 Å². The number of fused-ring (bicyclic) bond motifs is 1. The fraction of sp³-hybridized carbons (Fsp3) is 0.214. The van der Waals surface area contributed by atoms with E-state index in [4.69, 9.17) is 5.11 Å². The molecule has 1 amide bonds. The maximum absolute atomic E-state index is 11.9. The highest BCUT2D eigenvalue weighted by molar-refractivity contribution is 6.08. The number of amides is 1. The summed E-state index contributed by atoms with van der Waals surface area (Å²) in [6.07, 6.45) is 0. The third-order valence-corrected chi connectivity index (χ3v) is 3.08. The van der Waals surface area contributed by atoms with Gasteiger partial charge in [-0.1, -0.05) is 0 Å². The van der Waals surface area contributed by atoms with Gasteiger partial charge >= 0.3 is 5.97 Å². The molecule has 0 atom stereocenters. The van der Waals surface area contributed by atoms with Crippen molar-refractivity contribution in [3.05, 3.63) is 35.2 Å². The highest BCUT2D eigenvalue weighted by Gasteiger charge is 2.13. The van der Waals surface area contributed by atoms with Crippen molar-refractivity contribution in [1.29, 1.82) is 0 Å². The number of aliphatic carboxylic acids is 1. The maximum Gasteiger partial charge on any atom is 0.331 e. The van der Waals surface area contributed by atoms with E-state index in [0.29, 0.717) is 5.69 Å². The number of nitrogens with zero attached hydrogens (tertiary/aromatic N) is 1. The zero-order chi connectivity index (χ0) is 14.9. The van der Waals surface area contributed by atoms with Gasteiger partial charge in [0.05, 0.1) is 11.0 Å². The summed E-state index contributed by atoms with van der Waals surface area (Å²) in [5.74, 6) is -0.737. The van der Waals surface area contributed by atoms with Crippen LogP contribution in [0.1, 0.15) is 19.7 Å². The smallest absolute Gasteiger partial charge is 0.331 e. The predicted molar refractivity (Wildman–Crippen MR) is 75.5 cm³/mol. The molecule has 0 aliphatic carbocycles. The van der Waals surface area contributed by atoms with Gasteiger partial charge in [0, 0.05) is 16.8 Å². The monoisotopic (exact) mass is 273 g/mol. The number of carboxylic acids is 1. The van der Waals surface area contributed by atoms with Crippen molar-refractivity contribution in [3.63, 3.8) is 0 Å². The van der Waals surface area contributed by atoms with Gasteiger partial charge in [0.15, 0.2) is 0 Å². The van der Waals surface area contributed by atoms with E-state index in [-0.39, 0.29) is 11.1 Å². The van der Waals surface area contributed by atoms with Crippen LogP contribution in [-0.2, 0) is 9.59 Å². The van der Waals surface area contributed by atoms with Crippen LogP contribution < -0.4 is 5.32 Å². The standard InChI is InChI=1S/C14H15N3O3/c1-7(8(2)14(19)20)13(18)17-10-4-5-11-12(6-10)16-9(3)15-11/h4-6H,1-3H3,(H,15,16)(H,17,18)(H,19,20). The summed E-state index contributed by atoms with van der Waals surface area (Å²) in [7, 11) is 0. The van der Waals surface area contributed by atoms with Crippen LogP contribution in [0.5, 0.6) is 0 Å². The van der Waals surface area contributed by atoms with E-state index >= 15 is 0 Å². The molecule has 2 aromatic rings. The second-order valence-corrected chi connectivity index (χ2v) is 4.56. The first-order valence-electron chi connectivity index (χ1n) is 6.07. The van der Waals surface area contributed by atoms with Gasteiger partial charge in [-0.15, -0.1) is 0 Å². The minimum absolute atomic E-state index is 0.0287. The normalized spacial score (nSPS) is 12.2. The number of nitrogens with one attached hydrogen (secondary N) is 2. The molecule has 104 valence electrons. The molecule has 6 heteroatoms. The Bertz CT molecular complexity index is 728. The van der Waals surface area contributed by atoms with Gasteiger partial charge in [-0.25, -0.2) is 9.78 Å². The Morgan fingerprint density at radius 1 is 1.25 bits per heavy atom. The zero-order valence-corrected chi connectivity index (χ0v) is 11.4. The van der Waals surface area contributed by atoms with Crippen LogP contribution in [0.2, 0.25) is 0 Å². The number of H-pyrrole nitrogens is 1. The first-order valence-corrected chi connectivity index (χ1v) is 6.07. The van der Waals surface area contributed by atoms with E-state index in [2.05, 4.69) is 15.3 Å². The van der Waals surface area contributed by atoms with Crippen LogP contribution in [0.25, 0.3) is 11.0 Å². The number of aromatic nitrogens is 2. The number of aryl methyl sites for hydroxylation is 1. The summed E-state index contributed by atoms with van der Waals surface area (Å²) in [5.41, 5.74) is 2.43. The molecule has 0 radical (unpaired) electrons. The fourth-order valence-electron chi connectivity index (χ4n) is 1.77. The van der Waals surface area contributed by atoms with Crippen molar-refractivity contribution >= 4 is 28.6 Å². The van der Waals surface area contributed by atoms with Crippen molar-refractivity contribution in [2.75, 3.05) is 5.32 Å². The molecule has 0 saturated heterocycles. The van der Waals surface area contributed by atoms with Gasteiger partial charge < -0.3 is 15.4 Å². The Morgan fingerprint density at radius 2 is 1.95 bits per heavy atom. The number of hydrogen-bond donors (Lipinski definition) is 3. The molecule has 0 aliphatic rings. The molecule has 1 aromatic carbocycles. The lowest BCUT2D eigenvalue weighted by Gasteiger charge is -2.07. The van der Waals surface area contributed by atoms with Crippen LogP contribution in [0.3, 0.4) is 0 Å². The lowest BCUT2D eigenvalue weighted by atomic mass is 10.1. The summed E-state index contributed by atoms with van der Waals surface area (Å²) in [6, 6.07) is 5.28. The highest BCUT2D eigenvalue weighted by Crippen LogP contribution is 2.18. The summed E-state index contributed by atoms with van der Waals surface area (Å²) in [5, 5.41) is 11.5. The van der Waals surface area contributed by atoms with Gasteiger partial charge in [0.2, 0.25) is 0 Å². The molecule has 1 aromatic heterocycles. The third-order valence-electron chi connectivity index (χ3n) is 3.08. The fourth-order valence-corrected chi connectivity index (χ4v) is 1.77. The molecule has 0 fully saturated rings. The Morgan fingerprint density at radius 3 is 2.60 bits per heavy atom. The molecule has 0 saturated carbocycles. The van der Waals surface area contributed by atoms with Crippen molar-refractivity contribution in [2.24, 2.45) is 0 Å². The van der Waals surface area contributed by atoms with Gasteiger partial charge in [-0.2, -0.15) is 0 Å². The molecule has 6 nitrogen and oxygen atoms in total. The van der Waals surface area contributed by atoms with Crippen molar-refractivity contribution in [2.45, 2.75) is 20.8 Å². The maximum atomic E-state index is 11.9. The number of carbonyl (C=O) groups excluding carboxylic acids is 1. The Labute approximate surface area is 115 Å². The highest BCUT2D eigenvalue weighted by atomic mass is 16.4.